The number of carbonyl (C=O) groups excluding carboxylic acids is 2. The van der Waals surface area contributed by atoms with Crippen LogP contribution in [0.5, 0.6) is 0 Å². The summed E-state index contributed by atoms with van der Waals surface area (Å²) in [6.45, 7) is 4.03. The quantitative estimate of drug-likeness (QED) is 0.0413. The second-order valence-corrected chi connectivity index (χ2v) is 12.4. The largest absolute Gasteiger partial charge is 0.480 e. The third-order valence-electron chi connectivity index (χ3n) is 7.85. The number of carboxylic acid groups (broad SMARTS) is 1. The van der Waals surface area contributed by atoms with E-state index in [9.17, 15) is 14.4 Å². The number of amides is 1. The molecular weight excluding hydrogens is 598 g/mol. The van der Waals surface area contributed by atoms with Gasteiger partial charge in [-0.05, 0) is 89.5 Å². The first-order valence-corrected chi connectivity index (χ1v) is 19.1. The Bertz CT molecular complexity index is 959. The van der Waals surface area contributed by atoms with Gasteiger partial charge in [0, 0.05) is 12.8 Å². The predicted octanol–water partition coefficient (Wildman–Crippen LogP) is 11.4. The second-order valence-electron chi connectivity index (χ2n) is 12.4. The summed E-state index contributed by atoms with van der Waals surface area (Å²) in [5.41, 5.74) is 0. The third kappa shape index (κ3) is 35.7. The first-order valence-electron chi connectivity index (χ1n) is 19.1. The highest BCUT2D eigenvalue weighted by Crippen LogP contribution is 2.14. The van der Waals surface area contributed by atoms with E-state index in [1.165, 1.54) is 57.8 Å². The van der Waals surface area contributed by atoms with Crippen LogP contribution in [0.15, 0.2) is 72.9 Å². The van der Waals surface area contributed by atoms with Crippen LogP contribution in [0.2, 0.25) is 0 Å². The SMILES string of the molecule is CC/C=C\C/C=C\C/C=C\C/C=C\C/C=C\C(CCCCC(=O)NCC(=O)O)OC(=O)CCCCCCC/C=C\CCCCCCCC. The monoisotopic (exact) mass is 668 g/mol. The van der Waals surface area contributed by atoms with Gasteiger partial charge in [-0.15, -0.1) is 0 Å². The van der Waals surface area contributed by atoms with Crippen LogP contribution >= 0.6 is 0 Å². The van der Waals surface area contributed by atoms with Crippen LogP contribution in [-0.2, 0) is 19.1 Å². The fourth-order valence-electron chi connectivity index (χ4n) is 5.04. The van der Waals surface area contributed by atoms with E-state index >= 15 is 0 Å². The molecule has 0 aliphatic rings. The van der Waals surface area contributed by atoms with Crippen LogP contribution < -0.4 is 5.32 Å². The first-order chi connectivity index (χ1) is 23.5. The van der Waals surface area contributed by atoms with Gasteiger partial charge in [-0.25, -0.2) is 0 Å². The van der Waals surface area contributed by atoms with Crippen molar-refractivity contribution in [2.24, 2.45) is 0 Å². The first kappa shape index (κ1) is 44.9. The Hall–Kier alpha value is -3.15. The molecule has 0 radical (unpaired) electrons. The summed E-state index contributed by atoms with van der Waals surface area (Å²) in [5, 5.41) is 11.1. The van der Waals surface area contributed by atoms with E-state index in [0.717, 1.165) is 57.8 Å². The maximum absolute atomic E-state index is 12.6. The number of hydrogen-bond acceptors (Lipinski definition) is 4. The van der Waals surface area contributed by atoms with Crippen LogP contribution in [0.1, 0.15) is 162 Å². The van der Waals surface area contributed by atoms with Gasteiger partial charge in [-0.1, -0.05) is 132 Å². The van der Waals surface area contributed by atoms with Crippen LogP contribution in [0.25, 0.3) is 0 Å². The minimum Gasteiger partial charge on any atom is -0.480 e. The number of esters is 1. The Labute approximate surface area is 294 Å². The van der Waals surface area contributed by atoms with Crippen molar-refractivity contribution in [3.8, 4) is 0 Å². The minimum absolute atomic E-state index is 0.169. The van der Waals surface area contributed by atoms with Crippen molar-refractivity contribution in [3.05, 3.63) is 72.9 Å². The van der Waals surface area contributed by atoms with Crippen molar-refractivity contribution in [1.82, 2.24) is 5.32 Å². The highest BCUT2D eigenvalue weighted by molar-refractivity contribution is 5.80. The number of carboxylic acids is 1. The molecule has 0 heterocycles. The zero-order valence-corrected chi connectivity index (χ0v) is 30.6. The summed E-state index contributed by atoms with van der Waals surface area (Å²) in [4.78, 5) is 35.1. The normalized spacial score (nSPS) is 12.9. The summed E-state index contributed by atoms with van der Waals surface area (Å²) in [6.07, 6.45) is 48.8. The van der Waals surface area contributed by atoms with Crippen molar-refractivity contribution in [2.45, 2.75) is 168 Å². The molecule has 0 fully saturated rings. The molecule has 0 aliphatic heterocycles. The van der Waals surface area contributed by atoms with Crippen molar-refractivity contribution >= 4 is 17.8 Å². The van der Waals surface area contributed by atoms with E-state index in [2.05, 4.69) is 79.9 Å². The van der Waals surface area contributed by atoms with Gasteiger partial charge >= 0.3 is 11.9 Å². The lowest BCUT2D eigenvalue weighted by atomic mass is 10.1. The van der Waals surface area contributed by atoms with Gasteiger partial charge < -0.3 is 15.2 Å². The highest BCUT2D eigenvalue weighted by Gasteiger charge is 2.12. The summed E-state index contributed by atoms with van der Waals surface area (Å²) in [6, 6.07) is 0. The molecule has 2 N–H and O–H groups in total. The molecule has 0 aliphatic carbocycles. The molecule has 48 heavy (non-hydrogen) atoms. The molecule has 0 bridgehead atoms. The van der Waals surface area contributed by atoms with E-state index in [0.29, 0.717) is 25.7 Å². The van der Waals surface area contributed by atoms with Gasteiger partial charge in [0.2, 0.25) is 5.91 Å². The zero-order valence-electron chi connectivity index (χ0n) is 30.6. The minimum atomic E-state index is -1.06. The average molecular weight is 668 g/mol. The van der Waals surface area contributed by atoms with Crippen molar-refractivity contribution < 1.29 is 24.2 Å². The Morgan fingerprint density at radius 1 is 0.583 bits per heavy atom. The van der Waals surface area contributed by atoms with E-state index in [1.54, 1.807) is 0 Å². The smallest absolute Gasteiger partial charge is 0.322 e. The van der Waals surface area contributed by atoms with Gasteiger partial charge in [0.15, 0.2) is 0 Å². The molecule has 6 nitrogen and oxygen atoms in total. The number of rotatable bonds is 33. The maximum Gasteiger partial charge on any atom is 0.322 e. The second kappa shape index (κ2) is 36.7. The van der Waals surface area contributed by atoms with E-state index in [4.69, 9.17) is 9.84 Å². The lowest BCUT2D eigenvalue weighted by Gasteiger charge is -2.14. The Morgan fingerprint density at radius 3 is 1.65 bits per heavy atom. The molecule has 0 aromatic rings. The summed E-state index contributed by atoms with van der Waals surface area (Å²) in [7, 11) is 0. The van der Waals surface area contributed by atoms with Gasteiger partial charge in [0.05, 0.1) is 0 Å². The van der Waals surface area contributed by atoms with Crippen molar-refractivity contribution in [1.29, 1.82) is 0 Å². The topological polar surface area (TPSA) is 92.7 Å². The van der Waals surface area contributed by atoms with Crippen LogP contribution in [0.3, 0.4) is 0 Å². The number of unbranched alkanes of at least 4 members (excludes halogenated alkanes) is 12. The molecular formula is C42H69NO5. The molecule has 272 valence electrons. The summed E-state index contributed by atoms with van der Waals surface area (Å²) >= 11 is 0. The molecule has 1 atom stereocenters. The average Bonchev–Trinajstić information content (AvgIpc) is 3.07. The zero-order chi connectivity index (χ0) is 35.2. The van der Waals surface area contributed by atoms with Gasteiger partial charge in [0.1, 0.15) is 12.6 Å². The highest BCUT2D eigenvalue weighted by atomic mass is 16.5. The Kier molecular flexibility index (Phi) is 34.3. The standard InChI is InChI=1S/C42H69NO5/c1-3-5-7-9-11-13-15-17-19-21-23-25-27-29-31-37-42(47)48-39(35-32-33-36-40(44)43-38-41(45)46)34-30-28-26-24-22-20-18-16-14-12-10-8-6-4-2/h6,8,12,14,17-20,24,26,30,34,39H,3-5,7,9-11,13,15-16,21-23,25,27-29,31-33,35-38H2,1-2H3,(H,43,44)(H,45,46)/b8-6-,14-12-,19-17-,20-18-,26-24-,34-30-. The summed E-state index contributed by atoms with van der Waals surface area (Å²) < 4.78 is 5.81. The van der Waals surface area contributed by atoms with Gasteiger partial charge in [-0.2, -0.15) is 0 Å². The Morgan fingerprint density at radius 2 is 1.08 bits per heavy atom. The Balaban J connectivity index is 4.36. The molecule has 0 rings (SSSR count). The predicted molar refractivity (Wildman–Crippen MR) is 203 cm³/mol. The van der Waals surface area contributed by atoms with E-state index < -0.39 is 5.97 Å². The number of ether oxygens (including phenoxy) is 1. The molecule has 0 saturated heterocycles. The number of nitrogens with one attached hydrogen (secondary N) is 1. The molecule has 1 amide bonds. The van der Waals surface area contributed by atoms with E-state index in [-0.39, 0.29) is 30.9 Å². The van der Waals surface area contributed by atoms with Crippen molar-refractivity contribution in [2.75, 3.05) is 6.54 Å². The third-order valence-corrected chi connectivity index (χ3v) is 7.85. The van der Waals surface area contributed by atoms with Crippen LogP contribution in [0.4, 0.5) is 0 Å². The molecule has 0 aromatic heterocycles. The van der Waals surface area contributed by atoms with Crippen molar-refractivity contribution in [3.63, 3.8) is 0 Å². The number of carbonyl (C=O) groups is 3. The molecule has 1 unspecified atom stereocenters. The lowest BCUT2D eigenvalue weighted by molar-refractivity contribution is -0.147. The van der Waals surface area contributed by atoms with Gasteiger partial charge in [0.25, 0.3) is 0 Å². The number of aliphatic carboxylic acids is 1. The number of hydrogen-bond donors (Lipinski definition) is 2. The summed E-state index contributed by atoms with van der Waals surface area (Å²) in [5.74, 6) is -1.50. The van der Waals surface area contributed by atoms with E-state index in [1.807, 2.05) is 12.2 Å². The fraction of sp³-hybridized carbons (Fsp3) is 0.643. The lowest BCUT2D eigenvalue weighted by Crippen LogP contribution is -2.28. The molecule has 6 heteroatoms. The van der Waals surface area contributed by atoms with Crippen LogP contribution in [0, 0.1) is 0 Å². The van der Waals surface area contributed by atoms with Crippen LogP contribution in [-0.4, -0.2) is 35.6 Å². The molecule has 0 spiro atoms. The maximum atomic E-state index is 12.6. The number of allylic oxidation sites excluding steroid dienone is 11. The van der Waals surface area contributed by atoms with Gasteiger partial charge in [-0.3, -0.25) is 14.4 Å². The molecule has 0 aromatic carbocycles. The fourth-order valence-corrected chi connectivity index (χ4v) is 5.04. The molecule has 0 saturated carbocycles.